The van der Waals surface area contributed by atoms with E-state index in [0.29, 0.717) is 11.3 Å². The topological polar surface area (TPSA) is 55.5 Å². The van der Waals surface area contributed by atoms with Gasteiger partial charge in [-0.05, 0) is 12.1 Å². The minimum Gasteiger partial charge on any atom is -0.354 e. The highest BCUT2D eigenvalue weighted by atomic mass is 19.1. The molecule has 0 amide bonds. The van der Waals surface area contributed by atoms with E-state index in [1.807, 2.05) is 0 Å². The summed E-state index contributed by atoms with van der Waals surface area (Å²) in [6.07, 6.45) is 1.34. The Labute approximate surface area is 84.0 Å². The van der Waals surface area contributed by atoms with E-state index < -0.39 is 0 Å². The van der Waals surface area contributed by atoms with Crippen LogP contribution in [0.15, 0.2) is 39.8 Å². The van der Waals surface area contributed by atoms with Crippen molar-refractivity contribution in [1.82, 2.24) is 5.16 Å². The van der Waals surface area contributed by atoms with Gasteiger partial charge in [-0.25, -0.2) is 9.18 Å². The van der Waals surface area contributed by atoms with Gasteiger partial charge in [0.15, 0.2) is 5.76 Å². The van der Waals surface area contributed by atoms with Gasteiger partial charge in [0.1, 0.15) is 5.82 Å². The Morgan fingerprint density at radius 2 is 2.27 bits per heavy atom. The smallest absolute Gasteiger partial charge is 0.242 e. The molecule has 0 saturated heterocycles. The Balaban J connectivity index is 2.41. The molecule has 0 bridgehead atoms. The fourth-order valence-corrected chi connectivity index (χ4v) is 1.14. The van der Waals surface area contributed by atoms with Gasteiger partial charge in [0, 0.05) is 11.6 Å². The van der Waals surface area contributed by atoms with Crippen molar-refractivity contribution in [2.45, 2.75) is 0 Å². The number of aromatic nitrogens is 1. The molecule has 2 aromatic rings. The fourth-order valence-electron chi connectivity index (χ4n) is 1.14. The molecule has 0 spiro atoms. The SMILES string of the molecule is O=C=Nc1cc(-c2cccc(F)c2)on1. The van der Waals surface area contributed by atoms with Crippen LogP contribution in [0.5, 0.6) is 0 Å². The number of benzene rings is 1. The summed E-state index contributed by atoms with van der Waals surface area (Å²) in [6, 6.07) is 7.27. The van der Waals surface area contributed by atoms with Gasteiger partial charge in [-0.3, -0.25) is 0 Å². The second kappa shape index (κ2) is 3.86. The molecule has 0 fully saturated rings. The molecule has 1 aromatic heterocycles. The first-order chi connectivity index (χ1) is 7.29. The minimum absolute atomic E-state index is 0.115. The number of hydrogen-bond acceptors (Lipinski definition) is 4. The molecule has 74 valence electrons. The van der Waals surface area contributed by atoms with Crippen molar-refractivity contribution in [2.24, 2.45) is 4.99 Å². The summed E-state index contributed by atoms with van der Waals surface area (Å²) in [7, 11) is 0. The Morgan fingerprint density at radius 3 is 3.00 bits per heavy atom. The zero-order chi connectivity index (χ0) is 10.7. The van der Waals surface area contributed by atoms with Crippen molar-refractivity contribution in [2.75, 3.05) is 0 Å². The Hall–Kier alpha value is -2.26. The molecule has 1 aromatic carbocycles. The number of isocyanates is 1. The Morgan fingerprint density at radius 1 is 1.40 bits per heavy atom. The van der Waals surface area contributed by atoms with Crippen LogP contribution in [0.3, 0.4) is 0 Å². The van der Waals surface area contributed by atoms with Crippen LogP contribution in [-0.2, 0) is 4.79 Å². The van der Waals surface area contributed by atoms with Gasteiger partial charge in [-0.1, -0.05) is 17.3 Å². The molecule has 0 N–H and O–H groups in total. The zero-order valence-corrected chi connectivity index (χ0v) is 7.48. The second-order valence-corrected chi connectivity index (χ2v) is 2.76. The molecule has 0 saturated carbocycles. The lowest BCUT2D eigenvalue weighted by Gasteiger charge is -1.93. The number of nitrogens with zero attached hydrogens (tertiary/aromatic N) is 2. The third-order valence-electron chi connectivity index (χ3n) is 1.77. The van der Waals surface area contributed by atoms with Crippen molar-refractivity contribution in [3.05, 3.63) is 36.1 Å². The van der Waals surface area contributed by atoms with Crippen LogP contribution in [-0.4, -0.2) is 11.2 Å². The third kappa shape index (κ3) is 1.98. The predicted octanol–water partition coefficient (Wildman–Crippen LogP) is 2.45. The number of carbonyl (C=O) groups excluding carboxylic acids is 1. The van der Waals surface area contributed by atoms with Gasteiger partial charge in [-0.15, -0.1) is 4.99 Å². The summed E-state index contributed by atoms with van der Waals surface area (Å²) in [5.41, 5.74) is 0.537. The molecule has 4 nitrogen and oxygen atoms in total. The molecular formula is C10H5FN2O2. The number of aliphatic imine (C=N–C) groups is 1. The molecule has 0 unspecified atom stereocenters. The Bertz CT molecular complexity index is 530. The molecule has 15 heavy (non-hydrogen) atoms. The predicted molar refractivity (Wildman–Crippen MR) is 49.7 cm³/mol. The number of hydrogen-bond donors (Lipinski definition) is 0. The van der Waals surface area contributed by atoms with Gasteiger partial charge < -0.3 is 4.52 Å². The van der Waals surface area contributed by atoms with E-state index in [2.05, 4.69) is 10.1 Å². The highest BCUT2D eigenvalue weighted by Gasteiger charge is 2.06. The van der Waals surface area contributed by atoms with Crippen LogP contribution in [0.1, 0.15) is 0 Å². The van der Waals surface area contributed by atoms with Crippen LogP contribution < -0.4 is 0 Å². The van der Waals surface area contributed by atoms with Crippen LogP contribution in [0.4, 0.5) is 10.2 Å². The molecule has 0 aliphatic rings. The van der Waals surface area contributed by atoms with E-state index in [-0.39, 0.29) is 11.6 Å². The quantitative estimate of drug-likeness (QED) is 0.557. The highest BCUT2D eigenvalue weighted by molar-refractivity contribution is 5.60. The highest BCUT2D eigenvalue weighted by Crippen LogP contribution is 2.23. The zero-order valence-electron chi connectivity index (χ0n) is 7.48. The van der Waals surface area contributed by atoms with Crippen molar-refractivity contribution >= 4 is 11.9 Å². The first-order valence-corrected chi connectivity index (χ1v) is 4.10. The van der Waals surface area contributed by atoms with Gasteiger partial charge in [-0.2, -0.15) is 0 Å². The molecule has 0 aliphatic heterocycles. The maximum absolute atomic E-state index is 12.9. The normalized spacial score (nSPS) is 9.67. The lowest BCUT2D eigenvalue weighted by molar-refractivity contribution is 0.434. The van der Waals surface area contributed by atoms with Crippen molar-refractivity contribution in [1.29, 1.82) is 0 Å². The monoisotopic (exact) mass is 204 g/mol. The van der Waals surface area contributed by atoms with Gasteiger partial charge in [0.05, 0.1) is 0 Å². The maximum Gasteiger partial charge on any atom is 0.242 e. The van der Waals surface area contributed by atoms with Crippen LogP contribution in [0, 0.1) is 5.82 Å². The third-order valence-corrected chi connectivity index (χ3v) is 1.77. The largest absolute Gasteiger partial charge is 0.354 e. The van der Waals surface area contributed by atoms with Crippen molar-refractivity contribution in [3.63, 3.8) is 0 Å². The summed E-state index contributed by atoms with van der Waals surface area (Å²) >= 11 is 0. The van der Waals surface area contributed by atoms with Gasteiger partial charge in [0.25, 0.3) is 0 Å². The van der Waals surface area contributed by atoms with Gasteiger partial charge >= 0.3 is 0 Å². The maximum atomic E-state index is 12.9. The van der Waals surface area contributed by atoms with E-state index in [9.17, 15) is 9.18 Å². The Kier molecular flexibility index (Phi) is 2.39. The fraction of sp³-hybridized carbons (Fsp3) is 0. The van der Waals surface area contributed by atoms with E-state index >= 15 is 0 Å². The summed E-state index contributed by atoms with van der Waals surface area (Å²) in [5, 5.41) is 3.49. The van der Waals surface area contributed by atoms with Crippen LogP contribution in [0.25, 0.3) is 11.3 Å². The van der Waals surface area contributed by atoms with E-state index in [1.165, 1.54) is 24.3 Å². The molecule has 0 atom stereocenters. The summed E-state index contributed by atoms with van der Waals surface area (Å²) in [4.78, 5) is 13.2. The van der Waals surface area contributed by atoms with Crippen molar-refractivity contribution in [3.8, 4) is 11.3 Å². The summed E-state index contributed by atoms with van der Waals surface area (Å²) in [5.74, 6) is 0.0945. The number of rotatable bonds is 2. The average Bonchev–Trinajstić information content (AvgIpc) is 2.67. The average molecular weight is 204 g/mol. The van der Waals surface area contributed by atoms with Crippen LogP contribution in [0.2, 0.25) is 0 Å². The summed E-state index contributed by atoms with van der Waals surface area (Å²) < 4.78 is 17.7. The van der Waals surface area contributed by atoms with E-state index in [4.69, 9.17) is 4.52 Å². The number of halogens is 1. The van der Waals surface area contributed by atoms with Gasteiger partial charge in [0.2, 0.25) is 11.9 Å². The standard InChI is InChI=1S/C10H5FN2O2/c11-8-3-1-2-7(4-8)9-5-10(12-6-14)13-15-9/h1-5H. The van der Waals surface area contributed by atoms with Crippen molar-refractivity contribution < 1.29 is 13.7 Å². The van der Waals surface area contributed by atoms with Crippen LogP contribution >= 0.6 is 0 Å². The van der Waals surface area contributed by atoms with E-state index in [0.717, 1.165) is 0 Å². The molecule has 0 aliphatic carbocycles. The molecular weight excluding hydrogens is 199 g/mol. The van der Waals surface area contributed by atoms with E-state index in [1.54, 1.807) is 12.1 Å². The molecule has 1 heterocycles. The first kappa shape index (κ1) is 9.30. The summed E-state index contributed by atoms with van der Waals surface area (Å²) in [6.45, 7) is 0. The first-order valence-electron chi connectivity index (χ1n) is 4.10. The molecule has 2 rings (SSSR count). The lowest BCUT2D eigenvalue weighted by atomic mass is 10.2. The lowest BCUT2D eigenvalue weighted by Crippen LogP contribution is -1.75. The molecule has 5 heteroatoms. The second-order valence-electron chi connectivity index (χ2n) is 2.76. The molecule has 0 radical (unpaired) electrons. The minimum atomic E-state index is -0.371.